The lowest BCUT2D eigenvalue weighted by Crippen LogP contribution is -2.43. The Hall–Kier alpha value is -2.09. The summed E-state index contributed by atoms with van der Waals surface area (Å²) in [7, 11) is 0. The third kappa shape index (κ3) is 5.82. The maximum atomic E-state index is 11.8. The predicted octanol–water partition coefficient (Wildman–Crippen LogP) is 1.60. The molecule has 5 N–H and O–H groups in total. The summed E-state index contributed by atoms with van der Waals surface area (Å²) in [5.74, 6) is -1.84. The third-order valence-electron chi connectivity index (χ3n) is 2.73. The molecule has 0 unspecified atom stereocenters. The summed E-state index contributed by atoms with van der Waals surface area (Å²) in [6.45, 7) is 1.81. The zero-order valence-corrected chi connectivity index (χ0v) is 12.9. The molecule has 0 spiro atoms. The van der Waals surface area contributed by atoms with Crippen LogP contribution in [0.5, 0.6) is 0 Å². The Balaban J connectivity index is 2.67. The predicted molar refractivity (Wildman–Crippen MR) is 80.9 cm³/mol. The molecule has 0 aliphatic rings. The van der Waals surface area contributed by atoms with Crippen molar-refractivity contribution in [2.24, 2.45) is 5.73 Å². The summed E-state index contributed by atoms with van der Waals surface area (Å²) in [4.78, 5) is 33.5. The summed E-state index contributed by atoms with van der Waals surface area (Å²) in [6.07, 6.45) is -0.178. The number of urea groups is 1. The molecular formula is C13H16BrN3O4. The largest absolute Gasteiger partial charge is 0.480 e. The van der Waals surface area contributed by atoms with Crippen molar-refractivity contribution >= 4 is 39.5 Å². The lowest BCUT2D eigenvalue weighted by molar-refractivity contribution is -0.139. The number of halogens is 1. The molecule has 0 radical (unpaired) electrons. The zero-order chi connectivity index (χ0) is 16.0. The van der Waals surface area contributed by atoms with Crippen LogP contribution < -0.4 is 16.4 Å². The van der Waals surface area contributed by atoms with Crippen molar-refractivity contribution in [1.82, 2.24) is 5.32 Å². The highest BCUT2D eigenvalue weighted by atomic mass is 79.9. The molecule has 0 heterocycles. The second-order valence-electron chi connectivity index (χ2n) is 4.45. The zero-order valence-electron chi connectivity index (χ0n) is 11.4. The van der Waals surface area contributed by atoms with Gasteiger partial charge >= 0.3 is 12.0 Å². The van der Waals surface area contributed by atoms with Gasteiger partial charge in [0, 0.05) is 16.6 Å². The molecule has 0 saturated heterocycles. The van der Waals surface area contributed by atoms with Crippen molar-refractivity contribution < 1.29 is 19.5 Å². The van der Waals surface area contributed by atoms with E-state index in [9.17, 15) is 14.4 Å². The van der Waals surface area contributed by atoms with Gasteiger partial charge in [-0.05, 0) is 31.0 Å². The molecule has 8 heteroatoms. The van der Waals surface area contributed by atoms with E-state index in [1.165, 1.54) is 0 Å². The number of hydrogen-bond acceptors (Lipinski definition) is 3. The van der Waals surface area contributed by atoms with Crippen molar-refractivity contribution in [1.29, 1.82) is 0 Å². The number of aryl methyl sites for hydroxylation is 1. The van der Waals surface area contributed by atoms with Crippen LogP contribution in [0.25, 0.3) is 0 Å². The summed E-state index contributed by atoms with van der Waals surface area (Å²) >= 11 is 3.28. The lowest BCUT2D eigenvalue weighted by atomic mass is 10.1. The van der Waals surface area contributed by atoms with Crippen LogP contribution in [0, 0.1) is 6.92 Å². The number of nitrogens with two attached hydrogens (primary N) is 1. The first-order valence-corrected chi connectivity index (χ1v) is 6.93. The summed E-state index contributed by atoms with van der Waals surface area (Å²) in [5, 5.41) is 13.9. The minimum Gasteiger partial charge on any atom is -0.480 e. The van der Waals surface area contributed by atoms with Gasteiger partial charge in [0.05, 0.1) is 0 Å². The van der Waals surface area contributed by atoms with Crippen LogP contribution in [0.3, 0.4) is 0 Å². The Kier molecular flexibility index (Phi) is 6.16. The highest BCUT2D eigenvalue weighted by Gasteiger charge is 2.20. The van der Waals surface area contributed by atoms with Crippen molar-refractivity contribution in [3.05, 3.63) is 28.2 Å². The minimum absolute atomic E-state index is 0.0600. The molecule has 1 aromatic rings. The molecule has 0 bridgehead atoms. The average molecular weight is 358 g/mol. The van der Waals surface area contributed by atoms with E-state index in [0.717, 1.165) is 10.0 Å². The Morgan fingerprint density at radius 1 is 1.38 bits per heavy atom. The Bertz CT molecular complexity index is 562. The van der Waals surface area contributed by atoms with E-state index in [2.05, 4.69) is 26.6 Å². The number of aliphatic carboxylic acids is 1. The van der Waals surface area contributed by atoms with Gasteiger partial charge in [-0.2, -0.15) is 0 Å². The van der Waals surface area contributed by atoms with E-state index in [1.54, 1.807) is 6.07 Å². The van der Waals surface area contributed by atoms with Gasteiger partial charge in [0.15, 0.2) is 0 Å². The quantitative estimate of drug-likeness (QED) is 0.617. The van der Waals surface area contributed by atoms with Crippen LogP contribution in [-0.4, -0.2) is 29.1 Å². The minimum atomic E-state index is -1.22. The van der Waals surface area contributed by atoms with Crippen LogP contribution in [0.2, 0.25) is 0 Å². The fourth-order valence-corrected chi connectivity index (χ4v) is 1.95. The first kappa shape index (κ1) is 17.0. The number of primary amides is 1. The molecular weight excluding hydrogens is 342 g/mol. The van der Waals surface area contributed by atoms with E-state index < -0.39 is 23.9 Å². The topological polar surface area (TPSA) is 122 Å². The molecule has 0 aliphatic heterocycles. The molecule has 0 saturated carbocycles. The van der Waals surface area contributed by atoms with Crippen LogP contribution in [0.4, 0.5) is 10.5 Å². The number of amides is 3. The summed E-state index contributed by atoms with van der Waals surface area (Å²) in [6, 6.07) is 3.50. The van der Waals surface area contributed by atoms with Gasteiger partial charge < -0.3 is 21.5 Å². The van der Waals surface area contributed by atoms with Gasteiger partial charge in [-0.25, -0.2) is 9.59 Å². The van der Waals surface area contributed by atoms with Gasteiger partial charge in [-0.3, -0.25) is 4.79 Å². The molecule has 7 nitrogen and oxygen atoms in total. The van der Waals surface area contributed by atoms with Gasteiger partial charge in [0.25, 0.3) is 0 Å². The van der Waals surface area contributed by atoms with Crippen molar-refractivity contribution in [2.75, 3.05) is 5.32 Å². The van der Waals surface area contributed by atoms with E-state index in [0.29, 0.717) is 5.69 Å². The number of carbonyl (C=O) groups excluding carboxylic acids is 2. The monoisotopic (exact) mass is 357 g/mol. The van der Waals surface area contributed by atoms with Crippen LogP contribution in [0.15, 0.2) is 22.7 Å². The highest BCUT2D eigenvalue weighted by molar-refractivity contribution is 9.10. The van der Waals surface area contributed by atoms with E-state index in [-0.39, 0.29) is 12.8 Å². The number of nitrogens with one attached hydrogen (secondary N) is 2. The maximum absolute atomic E-state index is 11.8. The third-order valence-corrected chi connectivity index (χ3v) is 3.22. The van der Waals surface area contributed by atoms with Gasteiger partial charge in [-0.15, -0.1) is 0 Å². The Morgan fingerprint density at radius 3 is 2.62 bits per heavy atom. The molecule has 1 atom stereocenters. The molecule has 1 rings (SSSR count). The van der Waals surface area contributed by atoms with Crippen molar-refractivity contribution in [2.45, 2.75) is 25.8 Å². The number of rotatable bonds is 6. The molecule has 114 valence electrons. The number of benzene rings is 1. The normalized spacial score (nSPS) is 11.5. The van der Waals surface area contributed by atoms with Crippen LogP contribution >= 0.6 is 15.9 Å². The molecule has 1 aromatic carbocycles. The van der Waals surface area contributed by atoms with Crippen LogP contribution in [0.1, 0.15) is 18.4 Å². The van der Waals surface area contributed by atoms with Gasteiger partial charge in [0.1, 0.15) is 6.04 Å². The Morgan fingerprint density at radius 2 is 2.05 bits per heavy atom. The maximum Gasteiger partial charge on any atom is 0.326 e. The second kappa shape index (κ2) is 7.63. The van der Waals surface area contributed by atoms with Crippen molar-refractivity contribution in [3.63, 3.8) is 0 Å². The lowest BCUT2D eigenvalue weighted by Gasteiger charge is -2.15. The number of hydrogen-bond donors (Lipinski definition) is 4. The van der Waals surface area contributed by atoms with Gasteiger partial charge in [-0.1, -0.05) is 22.0 Å². The number of anilines is 1. The smallest absolute Gasteiger partial charge is 0.326 e. The van der Waals surface area contributed by atoms with Gasteiger partial charge in [0.2, 0.25) is 5.91 Å². The molecule has 0 fully saturated rings. The number of carboxylic acids is 1. The summed E-state index contributed by atoms with van der Waals surface area (Å²) in [5.41, 5.74) is 6.35. The van der Waals surface area contributed by atoms with E-state index >= 15 is 0 Å². The Labute approximate surface area is 130 Å². The SMILES string of the molecule is Cc1ccc(Br)cc1NC(=O)N[C@@H](CCC(N)=O)C(=O)O. The molecule has 3 amide bonds. The molecule has 21 heavy (non-hydrogen) atoms. The van der Waals surface area contributed by atoms with E-state index in [1.807, 2.05) is 19.1 Å². The molecule has 0 aromatic heterocycles. The molecule has 0 aliphatic carbocycles. The van der Waals surface area contributed by atoms with E-state index in [4.69, 9.17) is 10.8 Å². The summed E-state index contributed by atoms with van der Waals surface area (Å²) < 4.78 is 0.784. The average Bonchev–Trinajstić information content (AvgIpc) is 2.38. The number of carboxylic acid groups (broad SMARTS) is 1. The first-order valence-electron chi connectivity index (χ1n) is 6.14. The van der Waals surface area contributed by atoms with Crippen molar-refractivity contribution in [3.8, 4) is 0 Å². The first-order chi connectivity index (χ1) is 9.79. The fourth-order valence-electron chi connectivity index (χ4n) is 1.59. The van der Waals surface area contributed by atoms with Crippen LogP contribution in [-0.2, 0) is 9.59 Å². The standard InChI is InChI=1S/C13H16BrN3O4/c1-7-2-3-8(14)6-10(7)17-13(21)16-9(12(19)20)4-5-11(15)18/h2-3,6,9H,4-5H2,1H3,(H2,15,18)(H,19,20)(H2,16,17,21)/t9-/m0/s1. The highest BCUT2D eigenvalue weighted by Crippen LogP contribution is 2.20. The second-order valence-corrected chi connectivity index (χ2v) is 5.37. The fraction of sp³-hybridized carbons (Fsp3) is 0.308. The number of carbonyl (C=O) groups is 3.